The Morgan fingerprint density at radius 2 is 2.06 bits per heavy atom. The molecule has 18 heavy (non-hydrogen) atoms. The fraction of sp³-hybridized carbons (Fsp3) is 0.429. The van der Waals surface area contributed by atoms with Gasteiger partial charge in [-0.1, -0.05) is 20.3 Å². The van der Waals surface area contributed by atoms with E-state index in [-0.39, 0.29) is 17.4 Å². The summed E-state index contributed by atoms with van der Waals surface area (Å²) in [5.41, 5.74) is 1.54. The zero-order valence-corrected chi connectivity index (χ0v) is 11.0. The number of nitrogens with one attached hydrogen (secondary N) is 1. The quantitative estimate of drug-likeness (QED) is 0.842. The van der Waals surface area contributed by atoms with Gasteiger partial charge in [-0.25, -0.2) is 4.79 Å². The molecule has 0 fully saturated rings. The van der Waals surface area contributed by atoms with Crippen LogP contribution < -0.4 is 5.32 Å². The largest absolute Gasteiger partial charge is 0.478 e. The number of amides is 1. The molecule has 0 aliphatic rings. The van der Waals surface area contributed by atoms with Crippen LogP contribution in [0, 0.1) is 12.8 Å². The lowest BCUT2D eigenvalue weighted by Gasteiger charge is -2.12. The van der Waals surface area contributed by atoms with Crippen molar-refractivity contribution in [3.63, 3.8) is 0 Å². The van der Waals surface area contributed by atoms with E-state index in [2.05, 4.69) is 5.32 Å². The lowest BCUT2D eigenvalue weighted by molar-refractivity contribution is -0.119. The molecule has 4 nitrogen and oxygen atoms in total. The van der Waals surface area contributed by atoms with Crippen LogP contribution in [-0.2, 0) is 4.79 Å². The van der Waals surface area contributed by atoms with Gasteiger partial charge < -0.3 is 10.4 Å². The molecule has 98 valence electrons. The normalized spacial score (nSPS) is 11.9. The molecule has 1 unspecified atom stereocenters. The number of rotatable bonds is 5. The predicted octanol–water partition coefficient (Wildman–Crippen LogP) is 3.07. The molecule has 0 bridgehead atoms. The Morgan fingerprint density at radius 3 is 2.56 bits per heavy atom. The Labute approximate surface area is 107 Å². The first-order chi connectivity index (χ1) is 8.45. The van der Waals surface area contributed by atoms with E-state index in [1.165, 1.54) is 6.07 Å². The van der Waals surface area contributed by atoms with Gasteiger partial charge in [0.25, 0.3) is 0 Å². The van der Waals surface area contributed by atoms with Gasteiger partial charge in [-0.3, -0.25) is 4.79 Å². The third-order valence-corrected chi connectivity index (χ3v) is 2.89. The molecule has 0 aliphatic heterocycles. The number of aromatic carboxylic acids is 1. The van der Waals surface area contributed by atoms with Crippen LogP contribution in [0.5, 0.6) is 0 Å². The average Bonchev–Trinajstić information content (AvgIpc) is 2.28. The first kappa shape index (κ1) is 14.2. The maximum Gasteiger partial charge on any atom is 0.335 e. The second-order valence-electron chi connectivity index (χ2n) is 4.51. The molecular formula is C14H19NO3. The second-order valence-corrected chi connectivity index (χ2v) is 4.51. The van der Waals surface area contributed by atoms with Crippen molar-refractivity contribution in [2.45, 2.75) is 33.6 Å². The van der Waals surface area contributed by atoms with Gasteiger partial charge in [0.15, 0.2) is 0 Å². The van der Waals surface area contributed by atoms with Gasteiger partial charge >= 0.3 is 5.97 Å². The molecule has 0 saturated carbocycles. The van der Waals surface area contributed by atoms with Crippen LogP contribution >= 0.6 is 0 Å². The highest BCUT2D eigenvalue weighted by Crippen LogP contribution is 2.17. The number of hydrogen-bond donors (Lipinski definition) is 2. The summed E-state index contributed by atoms with van der Waals surface area (Å²) in [6.45, 7) is 5.64. The minimum Gasteiger partial charge on any atom is -0.478 e. The number of benzene rings is 1. The Morgan fingerprint density at radius 1 is 1.39 bits per heavy atom. The molecule has 1 amide bonds. The van der Waals surface area contributed by atoms with Crippen LogP contribution in [0.2, 0.25) is 0 Å². The Balaban J connectivity index is 2.77. The number of carbonyl (C=O) groups is 2. The van der Waals surface area contributed by atoms with Crippen LogP contribution in [-0.4, -0.2) is 17.0 Å². The van der Waals surface area contributed by atoms with E-state index in [0.29, 0.717) is 11.3 Å². The average molecular weight is 249 g/mol. The van der Waals surface area contributed by atoms with Crippen LogP contribution in [0.1, 0.15) is 42.6 Å². The molecule has 1 rings (SSSR count). The summed E-state index contributed by atoms with van der Waals surface area (Å²) in [6.07, 6.45) is 1.81. The van der Waals surface area contributed by atoms with Crippen molar-refractivity contribution in [2.75, 3.05) is 5.32 Å². The van der Waals surface area contributed by atoms with Crippen LogP contribution in [0.15, 0.2) is 18.2 Å². The summed E-state index contributed by atoms with van der Waals surface area (Å²) < 4.78 is 0. The highest BCUT2D eigenvalue weighted by atomic mass is 16.4. The molecule has 1 aromatic rings. The first-order valence-corrected chi connectivity index (χ1v) is 6.10. The molecule has 1 aromatic carbocycles. The third-order valence-electron chi connectivity index (χ3n) is 2.89. The van der Waals surface area contributed by atoms with E-state index in [0.717, 1.165) is 12.8 Å². The lowest BCUT2D eigenvalue weighted by Crippen LogP contribution is -2.20. The molecule has 0 aliphatic carbocycles. The van der Waals surface area contributed by atoms with Crippen molar-refractivity contribution in [3.05, 3.63) is 29.3 Å². The summed E-state index contributed by atoms with van der Waals surface area (Å²) in [7, 11) is 0. The van der Waals surface area contributed by atoms with Gasteiger partial charge in [0, 0.05) is 11.6 Å². The number of hydrogen-bond acceptors (Lipinski definition) is 2. The van der Waals surface area contributed by atoms with Crippen molar-refractivity contribution >= 4 is 17.6 Å². The molecule has 0 saturated heterocycles. The second kappa shape index (κ2) is 6.19. The molecule has 4 heteroatoms. The Kier molecular flexibility index (Phi) is 4.89. The number of carboxylic acid groups (broad SMARTS) is 1. The SMILES string of the molecule is CCCC(C)C(=O)Nc1ccc(C(=O)O)c(C)c1. The van der Waals surface area contributed by atoms with Crippen molar-refractivity contribution in [3.8, 4) is 0 Å². The van der Waals surface area contributed by atoms with Crippen molar-refractivity contribution in [2.24, 2.45) is 5.92 Å². The Bertz CT molecular complexity index is 454. The van der Waals surface area contributed by atoms with Gasteiger partial charge in [0.1, 0.15) is 0 Å². The standard InChI is InChI=1S/C14H19NO3/c1-4-5-9(2)13(16)15-11-6-7-12(14(17)18)10(3)8-11/h6-9H,4-5H2,1-3H3,(H,15,16)(H,17,18). The highest BCUT2D eigenvalue weighted by Gasteiger charge is 2.13. The van der Waals surface area contributed by atoms with E-state index in [1.807, 2.05) is 13.8 Å². The van der Waals surface area contributed by atoms with Gasteiger partial charge in [-0.15, -0.1) is 0 Å². The maximum absolute atomic E-state index is 11.8. The number of carboxylic acids is 1. The molecule has 0 spiro atoms. The summed E-state index contributed by atoms with van der Waals surface area (Å²) in [6, 6.07) is 4.81. The van der Waals surface area contributed by atoms with Crippen molar-refractivity contribution < 1.29 is 14.7 Å². The van der Waals surface area contributed by atoms with Crippen LogP contribution in [0.3, 0.4) is 0 Å². The zero-order valence-electron chi connectivity index (χ0n) is 11.0. The van der Waals surface area contributed by atoms with E-state index in [9.17, 15) is 9.59 Å². The van der Waals surface area contributed by atoms with Gasteiger partial charge in [0.05, 0.1) is 5.56 Å². The maximum atomic E-state index is 11.8. The Hall–Kier alpha value is -1.84. The summed E-state index contributed by atoms with van der Waals surface area (Å²) in [5, 5.41) is 11.7. The van der Waals surface area contributed by atoms with Crippen molar-refractivity contribution in [1.29, 1.82) is 0 Å². The fourth-order valence-electron chi connectivity index (χ4n) is 1.81. The molecule has 0 radical (unpaired) electrons. The highest BCUT2D eigenvalue weighted by molar-refractivity contribution is 5.94. The van der Waals surface area contributed by atoms with Crippen LogP contribution in [0.25, 0.3) is 0 Å². The predicted molar refractivity (Wildman–Crippen MR) is 70.8 cm³/mol. The smallest absolute Gasteiger partial charge is 0.335 e. The minimum absolute atomic E-state index is 0.0284. The van der Waals surface area contributed by atoms with E-state index in [4.69, 9.17) is 5.11 Å². The van der Waals surface area contributed by atoms with Gasteiger partial charge in [-0.05, 0) is 37.1 Å². The summed E-state index contributed by atoms with van der Waals surface area (Å²) >= 11 is 0. The number of anilines is 1. The van der Waals surface area contributed by atoms with E-state index < -0.39 is 5.97 Å². The molecular weight excluding hydrogens is 230 g/mol. The van der Waals surface area contributed by atoms with Gasteiger partial charge in [0.2, 0.25) is 5.91 Å². The molecule has 0 heterocycles. The zero-order chi connectivity index (χ0) is 13.7. The molecule has 2 N–H and O–H groups in total. The monoisotopic (exact) mass is 249 g/mol. The van der Waals surface area contributed by atoms with E-state index in [1.54, 1.807) is 19.1 Å². The fourth-order valence-corrected chi connectivity index (χ4v) is 1.81. The number of carbonyl (C=O) groups excluding carboxylic acids is 1. The topological polar surface area (TPSA) is 66.4 Å². The first-order valence-electron chi connectivity index (χ1n) is 6.10. The minimum atomic E-state index is -0.954. The summed E-state index contributed by atoms with van der Waals surface area (Å²) in [4.78, 5) is 22.7. The third kappa shape index (κ3) is 3.58. The van der Waals surface area contributed by atoms with Crippen molar-refractivity contribution in [1.82, 2.24) is 0 Å². The number of aryl methyl sites for hydroxylation is 1. The summed E-state index contributed by atoms with van der Waals surface area (Å²) in [5.74, 6) is -1.02. The van der Waals surface area contributed by atoms with E-state index >= 15 is 0 Å². The molecule has 0 aromatic heterocycles. The van der Waals surface area contributed by atoms with Crippen LogP contribution in [0.4, 0.5) is 5.69 Å². The molecule has 1 atom stereocenters. The van der Waals surface area contributed by atoms with Gasteiger partial charge in [-0.2, -0.15) is 0 Å². The lowest BCUT2D eigenvalue weighted by atomic mass is 10.0.